The number of benzene rings is 1. The van der Waals surface area contributed by atoms with Crippen LogP contribution in [0.15, 0.2) is 24.3 Å². The van der Waals surface area contributed by atoms with E-state index in [0.717, 1.165) is 38.8 Å². The van der Waals surface area contributed by atoms with Crippen molar-refractivity contribution in [1.29, 1.82) is 0 Å². The smallest absolute Gasteiger partial charge is 0.226 e. The monoisotopic (exact) mass is 348 g/mol. The Bertz CT molecular complexity index is 577. The van der Waals surface area contributed by atoms with Crippen LogP contribution < -0.4 is 0 Å². The quantitative estimate of drug-likeness (QED) is 0.759. The molecule has 0 radical (unpaired) electrons. The molecule has 0 saturated carbocycles. The lowest BCUT2D eigenvalue weighted by Crippen LogP contribution is -2.45. The van der Waals surface area contributed by atoms with Crippen LogP contribution in [0.3, 0.4) is 0 Å². The Morgan fingerprint density at radius 3 is 2.36 bits per heavy atom. The molecule has 1 aliphatic rings. The summed E-state index contributed by atoms with van der Waals surface area (Å²) in [5, 5.41) is 0. The molecule has 2 rings (SSSR count). The third-order valence-electron chi connectivity index (χ3n) is 4.74. The lowest BCUT2D eigenvalue weighted by atomic mass is 9.94. The Hall–Kier alpha value is -1.91. The Labute approximate surface area is 150 Å². The van der Waals surface area contributed by atoms with Gasteiger partial charge in [-0.25, -0.2) is 4.39 Å². The van der Waals surface area contributed by atoms with Gasteiger partial charge in [0.1, 0.15) is 5.82 Å². The van der Waals surface area contributed by atoms with Crippen LogP contribution in [0.1, 0.15) is 45.1 Å². The Balaban J connectivity index is 1.85. The van der Waals surface area contributed by atoms with E-state index in [1.807, 2.05) is 4.90 Å². The first-order chi connectivity index (χ1) is 12.0. The Morgan fingerprint density at radius 2 is 1.80 bits per heavy atom. The van der Waals surface area contributed by atoms with E-state index < -0.39 is 0 Å². The fourth-order valence-electron chi connectivity index (χ4n) is 3.44. The predicted molar refractivity (Wildman–Crippen MR) is 96.6 cm³/mol. The molecular weight excluding hydrogens is 319 g/mol. The summed E-state index contributed by atoms with van der Waals surface area (Å²) in [4.78, 5) is 28.8. The van der Waals surface area contributed by atoms with Gasteiger partial charge >= 0.3 is 0 Å². The molecule has 0 aromatic heterocycles. The van der Waals surface area contributed by atoms with E-state index in [9.17, 15) is 14.0 Å². The van der Waals surface area contributed by atoms with Crippen molar-refractivity contribution in [2.45, 2.75) is 46.0 Å². The average molecular weight is 348 g/mol. The van der Waals surface area contributed by atoms with Crippen LogP contribution in [-0.4, -0.2) is 47.8 Å². The summed E-state index contributed by atoms with van der Waals surface area (Å²) in [6.45, 7) is 7.01. The second-order valence-corrected chi connectivity index (χ2v) is 6.79. The van der Waals surface area contributed by atoms with E-state index >= 15 is 0 Å². The van der Waals surface area contributed by atoms with Crippen molar-refractivity contribution in [1.82, 2.24) is 9.80 Å². The molecule has 0 atom stereocenters. The van der Waals surface area contributed by atoms with E-state index in [1.54, 1.807) is 17.0 Å². The SMILES string of the molecule is CCCN(CCC)C(=O)C1CCN(C(=O)Cc2cccc(F)c2)CC1. The standard InChI is InChI=1S/C20H29FN2O2/c1-3-10-23(11-4-2)20(25)17-8-12-22(13-9-17)19(24)15-16-6-5-7-18(21)14-16/h5-7,14,17H,3-4,8-13,15H2,1-2H3. The zero-order valence-electron chi connectivity index (χ0n) is 15.3. The fourth-order valence-corrected chi connectivity index (χ4v) is 3.44. The Morgan fingerprint density at radius 1 is 1.16 bits per heavy atom. The fraction of sp³-hybridized carbons (Fsp3) is 0.600. The molecule has 1 fully saturated rings. The molecule has 0 bridgehead atoms. The molecule has 1 saturated heterocycles. The zero-order chi connectivity index (χ0) is 18.2. The number of carbonyl (C=O) groups is 2. The van der Waals surface area contributed by atoms with Gasteiger partial charge in [0.2, 0.25) is 11.8 Å². The van der Waals surface area contributed by atoms with Crippen LogP contribution in [-0.2, 0) is 16.0 Å². The largest absolute Gasteiger partial charge is 0.342 e. The molecule has 25 heavy (non-hydrogen) atoms. The minimum atomic E-state index is -0.318. The van der Waals surface area contributed by atoms with Gasteiger partial charge in [0.15, 0.2) is 0 Å². The number of hydrogen-bond acceptors (Lipinski definition) is 2. The molecule has 1 heterocycles. The highest BCUT2D eigenvalue weighted by Gasteiger charge is 2.29. The minimum Gasteiger partial charge on any atom is -0.342 e. The lowest BCUT2D eigenvalue weighted by molar-refractivity contribution is -0.140. The average Bonchev–Trinajstić information content (AvgIpc) is 2.61. The predicted octanol–water partition coefficient (Wildman–Crippen LogP) is 3.26. The summed E-state index contributed by atoms with van der Waals surface area (Å²) in [6.07, 6.45) is 3.59. The number of amides is 2. The van der Waals surface area contributed by atoms with E-state index in [4.69, 9.17) is 0 Å². The van der Waals surface area contributed by atoms with E-state index in [-0.39, 0.29) is 30.0 Å². The Kier molecular flexibility index (Phi) is 7.41. The first-order valence-electron chi connectivity index (χ1n) is 9.36. The van der Waals surface area contributed by atoms with Gasteiger partial charge in [0, 0.05) is 32.1 Å². The third-order valence-corrected chi connectivity index (χ3v) is 4.74. The zero-order valence-corrected chi connectivity index (χ0v) is 15.3. The first kappa shape index (κ1) is 19.4. The van der Waals surface area contributed by atoms with Crippen molar-refractivity contribution in [3.8, 4) is 0 Å². The maximum Gasteiger partial charge on any atom is 0.226 e. The summed E-state index contributed by atoms with van der Waals surface area (Å²) in [5.74, 6) is -0.0470. The van der Waals surface area contributed by atoms with Gasteiger partial charge in [-0.3, -0.25) is 9.59 Å². The molecule has 1 aromatic carbocycles. The van der Waals surface area contributed by atoms with Crippen molar-refractivity contribution in [3.63, 3.8) is 0 Å². The first-order valence-corrected chi connectivity index (χ1v) is 9.36. The normalized spacial score (nSPS) is 15.2. The van der Waals surface area contributed by atoms with Crippen molar-refractivity contribution < 1.29 is 14.0 Å². The lowest BCUT2D eigenvalue weighted by Gasteiger charge is -2.34. The molecule has 0 aliphatic carbocycles. The van der Waals surface area contributed by atoms with Crippen LogP contribution in [0, 0.1) is 11.7 Å². The van der Waals surface area contributed by atoms with E-state index in [0.29, 0.717) is 18.7 Å². The van der Waals surface area contributed by atoms with Gasteiger partial charge < -0.3 is 9.80 Å². The molecular formula is C20H29FN2O2. The van der Waals surface area contributed by atoms with Crippen LogP contribution >= 0.6 is 0 Å². The number of nitrogens with zero attached hydrogens (tertiary/aromatic N) is 2. The maximum atomic E-state index is 13.2. The van der Waals surface area contributed by atoms with Gasteiger partial charge in [-0.2, -0.15) is 0 Å². The van der Waals surface area contributed by atoms with Crippen LogP contribution in [0.4, 0.5) is 4.39 Å². The van der Waals surface area contributed by atoms with Gasteiger partial charge in [-0.05, 0) is 43.4 Å². The number of hydrogen-bond donors (Lipinski definition) is 0. The van der Waals surface area contributed by atoms with Gasteiger partial charge in [0.05, 0.1) is 6.42 Å². The summed E-state index contributed by atoms with van der Waals surface area (Å²) >= 11 is 0. The molecule has 0 spiro atoms. The molecule has 0 unspecified atom stereocenters. The number of piperidine rings is 1. The summed E-state index contributed by atoms with van der Waals surface area (Å²) < 4.78 is 13.2. The van der Waals surface area contributed by atoms with Crippen molar-refractivity contribution in [2.24, 2.45) is 5.92 Å². The summed E-state index contributed by atoms with van der Waals surface area (Å²) in [5.41, 5.74) is 0.695. The second-order valence-electron chi connectivity index (χ2n) is 6.79. The molecule has 2 amide bonds. The van der Waals surface area contributed by atoms with Crippen molar-refractivity contribution in [3.05, 3.63) is 35.6 Å². The van der Waals surface area contributed by atoms with Crippen LogP contribution in [0.25, 0.3) is 0 Å². The highest BCUT2D eigenvalue weighted by atomic mass is 19.1. The minimum absolute atomic E-state index is 0.00970. The van der Waals surface area contributed by atoms with Crippen LogP contribution in [0.2, 0.25) is 0 Å². The number of halogens is 1. The molecule has 1 aliphatic heterocycles. The maximum absolute atomic E-state index is 13.2. The third kappa shape index (κ3) is 5.55. The number of carbonyl (C=O) groups excluding carboxylic acids is 2. The second kappa shape index (κ2) is 9.54. The van der Waals surface area contributed by atoms with E-state index in [2.05, 4.69) is 13.8 Å². The van der Waals surface area contributed by atoms with Crippen molar-refractivity contribution in [2.75, 3.05) is 26.2 Å². The molecule has 1 aromatic rings. The number of rotatable bonds is 7. The van der Waals surface area contributed by atoms with Crippen molar-refractivity contribution >= 4 is 11.8 Å². The molecule has 5 heteroatoms. The number of likely N-dealkylation sites (tertiary alicyclic amines) is 1. The van der Waals surface area contributed by atoms with Gasteiger partial charge in [-0.1, -0.05) is 26.0 Å². The van der Waals surface area contributed by atoms with Gasteiger partial charge in [-0.15, -0.1) is 0 Å². The highest BCUT2D eigenvalue weighted by molar-refractivity contribution is 5.81. The van der Waals surface area contributed by atoms with Gasteiger partial charge in [0.25, 0.3) is 0 Å². The molecule has 138 valence electrons. The molecule has 0 N–H and O–H groups in total. The van der Waals surface area contributed by atoms with E-state index in [1.165, 1.54) is 12.1 Å². The van der Waals surface area contributed by atoms with Crippen LogP contribution in [0.5, 0.6) is 0 Å². The summed E-state index contributed by atoms with van der Waals surface area (Å²) in [6, 6.07) is 6.18. The highest BCUT2D eigenvalue weighted by Crippen LogP contribution is 2.21. The summed E-state index contributed by atoms with van der Waals surface area (Å²) in [7, 11) is 0. The molecule has 4 nitrogen and oxygen atoms in total. The topological polar surface area (TPSA) is 40.6 Å².